The van der Waals surface area contributed by atoms with E-state index in [0.717, 1.165) is 17.9 Å². The van der Waals surface area contributed by atoms with E-state index in [-0.39, 0.29) is 0 Å². The van der Waals surface area contributed by atoms with Crippen molar-refractivity contribution in [1.82, 2.24) is 15.5 Å². The third-order valence-electron chi connectivity index (χ3n) is 2.78. The third-order valence-corrected chi connectivity index (χ3v) is 2.78. The highest BCUT2D eigenvalue weighted by atomic mass is 15.1. The largest absolute Gasteiger partial charge is 0.314 e. The summed E-state index contributed by atoms with van der Waals surface area (Å²) in [4.78, 5) is 0. The summed E-state index contributed by atoms with van der Waals surface area (Å²) < 4.78 is 0. The number of benzene rings is 1. The lowest BCUT2D eigenvalue weighted by atomic mass is 9.99. The molecule has 16 heavy (non-hydrogen) atoms. The van der Waals surface area contributed by atoms with Gasteiger partial charge < -0.3 is 5.32 Å². The van der Waals surface area contributed by atoms with Crippen molar-refractivity contribution in [3.63, 3.8) is 0 Å². The zero-order chi connectivity index (χ0) is 11.5. The van der Waals surface area contributed by atoms with E-state index in [0.29, 0.717) is 0 Å². The van der Waals surface area contributed by atoms with Crippen LogP contribution in [0.5, 0.6) is 0 Å². The molecule has 1 aromatic carbocycles. The van der Waals surface area contributed by atoms with Gasteiger partial charge in [-0.1, -0.05) is 24.3 Å². The fourth-order valence-electron chi connectivity index (χ4n) is 1.99. The molecule has 0 atom stereocenters. The molecule has 0 bridgehead atoms. The van der Waals surface area contributed by atoms with Gasteiger partial charge in [-0.25, -0.2) is 0 Å². The summed E-state index contributed by atoms with van der Waals surface area (Å²) in [6, 6.07) is 8.40. The molecule has 3 nitrogen and oxygen atoms in total. The Morgan fingerprint density at radius 1 is 1.25 bits per heavy atom. The minimum atomic E-state index is 0.786. The van der Waals surface area contributed by atoms with Crippen LogP contribution in [0, 0.1) is 13.8 Å². The van der Waals surface area contributed by atoms with Gasteiger partial charge in [0.2, 0.25) is 0 Å². The molecular weight excluding hydrogens is 198 g/mol. The Bertz CT molecular complexity index is 486. The van der Waals surface area contributed by atoms with E-state index in [9.17, 15) is 0 Å². The van der Waals surface area contributed by atoms with Crippen molar-refractivity contribution < 1.29 is 0 Å². The number of rotatable bonds is 3. The molecule has 0 spiro atoms. The van der Waals surface area contributed by atoms with E-state index in [1.165, 1.54) is 16.7 Å². The van der Waals surface area contributed by atoms with E-state index in [2.05, 4.69) is 53.6 Å². The lowest BCUT2D eigenvalue weighted by Gasteiger charge is -2.07. The number of nitrogens with zero attached hydrogens (tertiary/aromatic N) is 1. The van der Waals surface area contributed by atoms with E-state index in [1.54, 1.807) is 0 Å². The maximum Gasteiger partial charge on any atom is 0.0841 e. The van der Waals surface area contributed by atoms with Crippen molar-refractivity contribution in [2.24, 2.45) is 0 Å². The first kappa shape index (κ1) is 10.9. The molecule has 0 unspecified atom stereocenters. The van der Waals surface area contributed by atoms with Gasteiger partial charge in [-0.2, -0.15) is 5.10 Å². The van der Waals surface area contributed by atoms with Crippen molar-refractivity contribution >= 4 is 0 Å². The second-order valence-corrected chi connectivity index (χ2v) is 4.02. The Balaban J connectivity index is 2.54. The first-order chi connectivity index (χ1) is 7.74. The monoisotopic (exact) mass is 215 g/mol. The maximum absolute atomic E-state index is 4.34. The number of aromatic nitrogens is 2. The van der Waals surface area contributed by atoms with Gasteiger partial charge in [0.1, 0.15) is 0 Å². The minimum absolute atomic E-state index is 0.786. The first-order valence-electron chi connectivity index (χ1n) is 5.48. The summed E-state index contributed by atoms with van der Waals surface area (Å²) in [5.41, 5.74) is 5.98. The van der Waals surface area contributed by atoms with Crippen molar-refractivity contribution in [3.05, 3.63) is 41.2 Å². The molecule has 0 saturated heterocycles. The Morgan fingerprint density at radius 3 is 2.69 bits per heavy atom. The molecule has 0 radical (unpaired) electrons. The van der Waals surface area contributed by atoms with Crippen molar-refractivity contribution in [1.29, 1.82) is 0 Å². The summed E-state index contributed by atoms with van der Waals surface area (Å²) in [5, 5.41) is 10.5. The van der Waals surface area contributed by atoms with E-state index >= 15 is 0 Å². The Morgan fingerprint density at radius 2 is 2.00 bits per heavy atom. The van der Waals surface area contributed by atoms with Gasteiger partial charge >= 0.3 is 0 Å². The van der Waals surface area contributed by atoms with Gasteiger partial charge in [0.15, 0.2) is 0 Å². The summed E-state index contributed by atoms with van der Waals surface area (Å²) in [6.07, 6.45) is 0. The number of aromatic amines is 1. The van der Waals surface area contributed by atoms with Crippen LogP contribution < -0.4 is 5.32 Å². The topological polar surface area (TPSA) is 40.7 Å². The Hall–Kier alpha value is -1.61. The number of H-pyrrole nitrogens is 1. The fourth-order valence-corrected chi connectivity index (χ4v) is 1.99. The minimum Gasteiger partial charge on any atom is -0.314 e. The average Bonchev–Trinajstić information content (AvgIpc) is 2.62. The second kappa shape index (κ2) is 4.49. The molecule has 2 N–H and O–H groups in total. The summed E-state index contributed by atoms with van der Waals surface area (Å²) >= 11 is 0. The summed E-state index contributed by atoms with van der Waals surface area (Å²) in [7, 11) is 1.94. The molecule has 0 aliphatic carbocycles. The highest BCUT2D eigenvalue weighted by molar-refractivity contribution is 5.71. The molecule has 0 aliphatic rings. The first-order valence-corrected chi connectivity index (χ1v) is 5.48. The molecule has 0 fully saturated rings. The summed E-state index contributed by atoms with van der Waals surface area (Å²) in [6.45, 7) is 4.98. The van der Waals surface area contributed by atoms with Gasteiger partial charge in [-0.15, -0.1) is 0 Å². The molecule has 3 heteroatoms. The smallest absolute Gasteiger partial charge is 0.0841 e. The number of hydrogen-bond acceptors (Lipinski definition) is 2. The molecular formula is C13H17N3. The van der Waals surface area contributed by atoms with Crippen LogP contribution in [0.3, 0.4) is 0 Å². The van der Waals surface area contributed by atoms with Crippen LogP contribution in [-0.4, -0.2) is 17.2 Å². The number of hydrogen-bond donors (Lipinski definition) is 2. The predicted molar refractivity (Wildman–Crippen MR) is 66.3 cm³/mol. The van der Waals surface area contributed by atoms with Gasteiger partial charge in [-0.3, -0.25) is 5.10 Å². The molecule has 0 saturated carbocycles. The Labute approximate surface area is 95.9 Å². The van der Waals surface area contributed by atoms with Gasteiger partial charge in [0.05, 0.1) is 5.69 Å². The zero-order valence-electron chi connectivity index (χ0n) is 9.96. The fraction of sp³-hybridized carbons (Fsp3) is 0.308. The number of nitrogens with one attached hydrogen (secondary N) is 2. The van der Waals surface area contributed by atoms with Gasteiger partial charge in [0.25, 0.3) is 0 Å². The van der Waals surface area contributed by atoms with Crippen LogP contribution in [0.1, 0.15) is 17.0 Å². The highest BCUT2D eigenvalue weighted by Gasteiger charge is 2.12. The standard InChI is InChI=1S/C13H17N3/c1-9-6-4-5-7-11(9)13-10(2)15-16-12(13)8-14-3/h4-7,14H,8H2,1-3H3,(H,15,16). The van der Waals surface area contributed by atoms with Crippen LogP contribution >= 0.6 is 0 Å². The SMILES string of the molecule is CNCc1n[nH]c(C)c1-c1ccccc1C. The van der Waals surface area contributed by atoms with Crippen LogP contribution in [0.4, 0.5) is 0 Å². The Kier molecular flexibility index (Phi) is 3.06. The normalized spacial score (nSPS) is 10.7. The molecule has 1 aromatic heterocycles. The molecule has 2 aromatic rings. The molecule has 2 rings (SSSR count). The molecule has 0 aliphatic heterocycles. The quantitative estimate of drug-likeness (QED) is 0.825. The van der Waals surface area contributed by atoms with Gasteiger partial charge in [-0.05, 0) is 32.0 Å². The van der Waals surface area contributed by atoms with Crippen LogP contribution in [0.2, 0.25) is 0 Å². The van der Waals surface area contributed by atoms with Crippen LogP contribution in [0.15, 0.2) is 24.3 Å². The lowest BCUT2D eigenvalue weighted by Crippen LogP contribution is -2.06. The lowest BCUT2D eigenvalue weighted by molar-refractivity contribution is 0.784. The third kappa shape index (κ3) is 1.86. The van der Waals surface area contributed by atoms with Crippen LogP contribution in [-0.2, 0) is 6.54 Å². The van der Waals surface area contributed by atoms with E-state index < -0.39 is 0 Å². The molecule has 84 valence electrons. The summed E-state index contributed by atoms with van der Waals surface area (Å²) in [5.74, 6) is 0. The zero-order valence-corrected chi connectivity index (χ0v) is 9.96. The predicted octanol–water partition coefficient (Wildman–Crippen LogP) is 2.41. The molecule has 1 heterocycles. The average molecular weight is 215 g/mol. The second-order valence-electron chi connectivity index (χ2n) is 4.02. The van der Waals surface area contributed by atoms with E-state index in [1.807, 2.05) is 7.05 Å². The van der Waals surface area contributed by atoms with E-state index in [4.69, 9.17) is 0 Å². The molecule has 0 amide bonds. The maximum atomic E-state index is 4.34. The van der Waals surface area contributed by atoms with Gasteiger partial charge in [0, 0.05) is 17.8 Å². The van der Waals surface area contributed by atoms with Crippen molar-refractivity contribution in [2.45, 2.75) is 20.4 Å². The van der Waals surface area contributed by atoms with Crippen molar-refractivity contribution in [2.75, 3.05) is 7.05 Å². The van der Waals surface area contributed by atoms with Crippen molar-refractivity contribution in [3.8, 4) is 11.1 Å². The highest BCUT2D eigenvalue weighted by Crippen LogP contribution is 2.28. The van der Waals surface area contributed by atoms with Crippen LogP contribution in [0.25, 0.3) is 11.1 Å². The number of aryl methyl sites for hydroxylation is 2.